The van der Waals surface area contributed by atoms with Gasteiger partial charge in [-0.15, -0.1) is 0 Å². The summed E-state index contributed by atoms with van der Waals surface area (Å²) in [7, 11) is 4.90. The van der Waals surface area contributed by atoms with E-state index in [1.807, 2.05) is 18.9 Å². The number of methoxy groups -OCH3 is 1. The van der Waals surface area contributed by atoms with Gasteiger partial charge in [0.1, 0.15) is 19.4 Å². The van der Waals surface area contributed by atoms with Gasteiger partial charge in [-0.2, -0.15) is 5.26 Å². The molecule has 9 nitrogen and oxygen atoms in total. The summed E-state index contributed by atoms with van der Waals surface area (Å²) < 4.78 is 4.78. The molecule has 0 heterocycles. The molecule has 1 aromatic rings. The van der Waals surface area contributed by atoms with Crippen molar-refractivity contribution in [2.45, 2.75) is 91.1 Å². The van der Waals surface area contributed by atoms with Crippen LogP contribution in [0, 0.1) is 17.2 Å². The van der Waals surface area contributed by atoms with Gasteiger partial charge >= 0.3 is 0 Å². The number of hydrogen-bond acceptors (Lipinski definition) is 8. The van der Waals surface area contributed by atoms with Crippen molar-refractivity contribution in [2.75, 3.05) is 27.8 Å². The number of nitrogens with zero attached hydrogens (tertiary/aromatic N) is 1. The van der Waals surface area contributed by atoms with E-state index >= 15 is 0 Å². The predicted molar refractivity (Wildman–Crippen MR) is 159 cm³/mol. The predicted octanol–water partition coefficient (Wildman–Crippen LogP) is 4.01. The van der Waals surface area contributed by atoms with Crippen molar-refractivity contribution >= 4 is 25.3 Å². The maximum Gasteiger partial charge on any atom is 0.238 e. The molecule has 0 radical (unpaired) electrons. The third-order valence-electron chi connectivity index (χ3n) is 5.33. The van der Waals surface area contributed by atoms with E-state index in [9.17, 15) is 14.4 Å². The minimum Gasteiger partial charge on any atom is -0.385 e. The second-order valence-electron chi connectivity index (χ2n) is 8.59. The zero-order valence-electron chi connectivity index (χ0n) is 25.3. The number of carbonyl (C=O) groups excluding carboxylic acids is 4. The molecule has 0 spiro atoms. The first-order chi connectivity index (χ1) is 18.8. The van der Waals surface area contributed by atoms with E-state index in [1.165, 1.54) is 39.2 Å². The fourth-order valence-corrected chi connectivity index (χ4v) is 3.05. The number of nitrogens with two attached hydrogens (primary N) is 1. The number of amides is 1. The van der Waals surface area contributed by atoms with Crippen molar-refractivity contribution in [1.82, 2.24) is 10.6 Å². The van der Waals surface area contributed by atoms with Crippen LogP contribution in [0.3, 0.4) is 0 Å². The Morgan fingerprint density at radius 1 is 1.10 bits per heavy atom. The Morgan fingerprint density at radius 2 is 1.69 bits per heavy atom. The fourth-order valence-electron chi connectivity index (χ4n) is 3.05. The monoisotopic (exact) mass is 550 g/mol. The molecule has 1 amide bonds. The van der Waals surface area contributed by atoms with Gasteiger partial charge in [0.2, 0.25) is 5.91 Å². The molecule has 9 heteroatoms. The highest BCUT2D eigenvalue weighted by Crippen LogP contribution is 2.12. The van der Waals surface area contributed by atoms with Gasteiger partial charge in [0.05, 0.1) is 23.7 Å². The molecule has 1 aromatic carbocycles. The minimum absolute atomic E-state index is 0.255. The first kappa shape index (κ1) is 43.1. The van der Waals surface area contributed by atoms with Crippen molar-refractivity contribution < 1.29 is 23.9 Å². The van der Waals surface area contributed by atoms with Crippen LogP contribution < -0.4 is 16.4 Å². The van der Waals surface area contributed by atoms with Crippen LogP contribution in [-0.2, 0) is 30.3 Å². The first-order valence-electron chi connectivity index (χ1n) is 13.5. The Balaban J connectivity index is -0.000000257. The number of ether oxygens (including phenoxy) is 1. The third kappa shape index (κ3) is 27.9. The average molecular weight is 551 g/mol. The lowest BCUT2D eigenvalue weighted by molar-refractivity contribution is -0.125. The largest absolute Gasteiger partial charge is 0.385 e. The van der Waals surface area contributed by atoms with Gasteiger partial charge in [0, 0.05) is 20.1 Å². The number of nitriles is 1. The van der Waals surface area contributed by atoms with Crippen LogP contribution in [0.25, 0.3) is 0 Å². The maximum atomic E-state index is 11.9. The van der Waals surface area contributed by atoms with E-state index in [2.05, 4.69) is 43.2 Å². The number of carbonyl (C=O) groups is 4. The van der Waals surface area contributed by atoms with Crippen LogP contribution in [-0.4, -0.2) is 65.2 Å². The Bertz CT molecular complexity index is 736. The standard InChI is InChI=1S/C14H17N3O2.C9H18O.C5H12O.CH5N.CH2O/c1-10(9-18)17-14(19)13(16-2)7-11-5-3-4-6-12(11)8-15;1-3-4-6-9(2)7-5-8-10;1-3-4-5-6-2;2*1-2/h3-6,9-10,13,16H,7H2,1-2H3,(H,17,19);8-9H,3-7H2,1-2H3;3-5H2,1-2H3;2H2,1H3;1H2/t10?,13-;;;;/m0..../s1. The number of unbranched alkanes of at least 4 members (excludes halogenated alkanes) is 2. The van der Waals surface area contributed by atoms with Crippen molar-refractivity contribution in [2.24, 2.45) is 11.7 Å². The summed E-state index contributed by atoms with van der Waals surface area (Å²) in [5.74, 6) is 0.486. The molecule has 1 rings (SSSR count). The highest BCUT2D eigenvalue weighted by Gasteiger charge is 2.19. The van der Waals surface area contributed by atoms with Crippen LogP contribution in [0.4, 0.5) is 0 Å². The highest BCUT2D eigenvalue weighted by molar-refractivity contribution is 5.84. The maximum absolute atomic E-state index is 11.9. The SMILES string of the molecule is C=O.CCCCC(C)CCC=O.CCCCOC.CN.CN[C@@H](Cc1ccccc1C#N)C(=O)NC(C)C=O. The fraction of sp³-hybridized carbons (Fsp3) is 0.633. The minimum atomic E-state index is -0.519. The number of likely N-dealkylation sites (N-methyl/N-ethyl adjacent to an activating group) is 1. The van der Waals surface area contributed by atoms with Crippen molar-refractivity contribution in [3.63, 3.8) is 0 Å². The van der Waals surface area contributed by atoms with E-state index in [1.54, 1.807) is 33.2 Å². The summed E-state index contributed by atoms with van der Waals surface area (Å²) in [5, 5.41) is 14.5. The van der Waals surface area contributed by atoms with Crippen LogP contribution in [0.5, 0.6) is 0 Å². The smallest absolute Gasteiger partial charge is 0.238 e. The average Bonchev–Trinajstić information content (AvgIpc) is 2.99. The van der Waals surface area contributed by atoms with E-state index in [4.69, 9.17) is 14.8 Å². The molecule has 0 aliphatic carbocycles. The van der Waals surface area contributed by atoms with Gasteiger partial charge < -0.3 is 35.5 Å². The van der Waals surface area contributed by atoms with E-state index in [-0.39, 0.29) is 5.91 Å². The van der Waals surface area contributed by atoms with Crippen LogP contribution in [0.1, 0.15) is 83.8 Å². The van der Waals surface area contributed by atoms with E-state index in [0.29, 0.717) is 18.3 Å². The molecule has 4 N–H and O–H groups in total. The van der Waals surface area contributed by atoms with Crippen LogP contribution in [0.2, 0.25) is 0 Å². The first-order valence-corrected chi connectivity index (χ1v) is 13.5. The van der Waals surface area contributed by atoms with Crippen LogP contribution >= 0.6 is 0 Å². The second-order valence-corrected chi connectivity index (χ2v) is 8.59. The van der Waals surface area contributed by atoms with Crippen molar-refractivity contribution in [3.8, 4) is 6.07 Å². The van der Waals surface area contributed by atoms with Gasteiger partial charge in [0.15, 0.2) is 0 Å². The van der Waals surface area contributed by atoms with Gasteiger partial charge in [-0.05, 0) is 57.8 Å². The van der Waals surface area contributed by atoms with Gasteiger partial charge in [-0.3, -0.25) is 4.79 Å². The molecule has 39 heavy (non-hydrogen) atoms. The Morgan fingerprint density at radius 3 is 2.13 bits per heavy atom. The molecule has 0 bridgehead atoms. The molecule has 0 saturated heterocycles. The lowest BCUT2D eigenvalue weighted by atomic mass is 10.00. The van der Waals surface area contributed by atoms with Gasteiger partial charge in [-0.1, -0.05) is 64.7 Å². The van der Waals surface area contributed by atoms with Crippen LogP contribution in [0.15, 0.2) is 24.3 Å². The van der Waals surface area contributed by atoms with Crippen molar-refractivity contribution in [1.29, 1.82) is 5.26 Å². The number of rotatable bonds is 15. The molecule has 224 valence electrons. The molecule has 0 aromatic heterocycles. The molecule has 3 atom stereocenters. The lowest BCUT2D eigenvalue weighted by Gasteiger charge is -2.18. The quantitative estimate of drug-likeness (QED) is 0.219. The second kappa shape index (κ2) is 35.1. The molecule has 0 saturated carbocycles. The number of aldehydes is 2. The normalized spacial score (nSPS) is 11.4. The number of nitrogens with one attached hydrogen (secondary N) is 2. The third-order valence-corrected chi connectivity index (χ3v) is 5.33. The van der Waals surface area contributed by atoms with E-state index in [0.717, 1.165) is 37.2 Å². The summed E-state index contributed by atoms with van der Waals surface area (Å²) in [6.07, 6.45) is 10.2. The Hall–Kier alpha value is -2.93. The molecule has 0 aliphatic heterocycles. The van der Waals surface area contributed by atoms with Gasteiger partial charge in [-0.25, -0.2) is 0 Å². The molecular formula is C30H54N4O5. The molecular weight excluding hydrogens is 496 g/mol. The summed E-state index contributed by atoms with van der Waals surface area (Å²) >= 11 is 0. The molecule has 0 fully saturated rings. The highest BCUT2D eigenvalue weighted by atomic mass is 16.5. The lowest BCUT2D eigenvalue weighted by Crippen LogP contribution is -2.47. The molecule has 0 aliphatic rings. The Kier molecular flexibility index (Phi) is 38.8. The molecule has 2 unspecified atom stereocenters. The van der Waals surface area contributed by atoms with Gasteiger partial charge in [0.25, 0.3) is 0 Å². The summed E-state index contributed by atoms with van der Waals surface area (Å²) in [6, 6.07) is 8.25. The number of benzene rings is 1. The van der Waals surface area contributed by atoms with E-state index < -0.39 is 12.1 Å². The zero-order chi connectivity index (χ0) is 30.9. The topological polar surface area (TPSA) is 151 Å². The summed E-state index contributed by atoms with van der Waals surface area (Å²) in [5.41, 5.74) is 5.86. The number of hydrogen-bond donors (Lipinski definition) is 3. The zero-order valence-corrected chi connectivity index (χ0v) is 25.3. The summed E-state index contributed by atoms with van der Waals surface area (Å²) in [4.78, 5) is 40.4. The Labute approximate surface area is 237 Å². The summed E-state index contributed by atoms with van der Waals surface area (Å²) in [6.45, 7) is 11.1. The van der Waals surface area contributed by atoms with Crippen molar-refractivity contribution in [3.05, 3.63) is 35.4 Å².